The highest BCUT2D eigenvalue weighted by atomic mass is 16.5. The van der Waals surface area contributed by atoms with E-state index in [-0.39, 0.29) is 5.91 Å². The van der Waals surface area contributed by atoms with Crippen LogP contribution in [0.3, 0.4) is 0 Å². The molecule has 0 aliphatic rings. The molecule has 0 unspecified atom stereocenters. The number of hydrogen-bond acceptors (Lipinski definition) is 4. The van der Waals surface area contributed by atoms with Crippen LogP contribution in [-0.4, -0.2) is 17.9 Å². The normalized spacial score (nSPS) is 10.0. The van der Waals surface area contributed by atoms with Gasteiger partial charge in [-0.3, -0.25) is 4.79 Å². The minimum Gasteiger partial charge on any atom is -0.439 e. The number of anilines is 2. The molecule has 0 saturated carbocycles. The van der Waals surface area contributed by atoms with Gasteiger partial charge in [0.15, 0.2) is 0 Å². The lowest BCUT2D eigenvalue weighted by Crippen LogP contribution is -2.11. The zero-order valence-corrected chi connectivity index (χ0v) is 13.2. The molecule has 3 rings (SSSR count). The number of aromatic nitrogens is 1. The third kappa shape index (κ3) is 3.89. The summed E-state index contributed by atoms with van der Waals surface area (Å²) in [6.07, 6.45) is 1.57. The van der Waals surface area contributed by atoms with E-state index in [1.807, 2.05) is 49.5 Å². The maximum Gasteiger partial charge on any atom is 0.255 e. The molecule has 0 aliphatic carbocycles. The maximum absolute atomic E-state index is 12.1. The monoisotopic (exact) mass is 319 g/mol. The van der Waals surface area contributed by atoms with Gasteiger partial charge in [-0.2, -0.15) is 0 Å². The highest BCUT2D eigenvalue weighted by Crippen LogP contribution is 2.22. The summed E-state index contributed by atoms with van der Waals surface area (Å²) in [7, 11) is 1.86. The summed E-state index contributed by atoms with van der Waals surface area (Å²) in [4.78, 5) is 16.3. The van der Waals surface area contributed by atoms with E-state index >= 15 is 0 Å². The molecule has 1 amide bonds. The maximum atomic E-state index is 12.1. The Morgan fingerprint density at radius 1 is 0.917 bits per heavy atom. The predicted molar refractivity (Wildman–Crippen MR) is 94.7 cm³/mol. The molecule has 0 spiro atoms. The van der Waals surface area contributed by atoms with Crippen molar-refractivity contribution in [3.8, 4) is 11.6 Å². The highest BCUT2D eigenvalue weighted by Gasteiger charge is 2.06. The summed E-state index contributed by atoms with van der Waals surface area (Å²) in [5.74, 6) is 0.987. The van der Waals surface area contributed by atoms with Gasteiger partial charge in [0, 0.05) is 24.4 Å². The Morgan fingerprint density at radius 3 is 2.25 bits per heavy atom. The number of amides is 1. The SMILES string of the molecule is CNc1ccc(Oc2ccc(NC(=O)c3ccccc3)cn2)cc1. The first-order chi connectivity index (χ1) is 11.7. The number of nitrogens with zero attached hydrogens (tertiary/aromatic N) is 1. The summed E-state index contributed by atoms with van der Waals surface area (Å²) in [5, 5.41) is 5.84. The van der Waals surface area contributed by atoms with Gasteiger partial charge in [-0.1, -0.05) is 18.2 Å². The van der Waals surface area contributed by atoms with Crippen LogP contribution >= 0.6 is 0 Å². The van der Waals surface area contributed by atoms with E-state index in [2.05, 4.69) is 15.6 Å². The van der Waals surface area contributed by atoms with Crippen LogP contribution in [0, 0.1) is 0 Å². The van der Waals surface area contributed by atoms with Crippen molar-refractivity contribution in [2.24, 2.45) is 0 Å². The van der Waals surface area contributed by atoms with Crippen LogP contribution in [0.5, 0.6) is 11.6 Å². The van der Waals surface area contributed by atoms with Crippen molar-refractivity contribution < 1.29 is 9.53 Å². The highest BCUT2D eigenvalue weighted by molar-refractivity contribution is 6.04. The van der Waals surface area contributed by atoms with Crippen molar-refractivity contribution in [2.45, 2.75) is 0 Å². The Balaban J connectivity index is 1.63. The zero-order valence-electron chi connectivity index (χ0n) is 13.2. The molecular formula is C19H17N3O2. The minimum atomic E-state index is -0.172. The lowest BCUT2D eigenvalue weighted by atomic mass is 10.2. The van der Waals surface area contributed by atoms with Crippen LogP contribution < -0.4 is 15.4 Å². The standard InChI is InChI=1S/C19H17N3O2/c1-20-15-7-10-17(11-8-15)24-18-12-9-16(13-21-18)22-19(23)14-5-3-2-4-6-14/h2-13,20H,1H3,(H,22,23). The van der Waals surface area contributed by atoms with E-state index in [4.69, 9.17) is 4.74 Å². The summed E-state index contributed by atoms with van der Waals surface area (Å²) in [6, 6.07) is 20.1. The van der Waals surface area contributed by atoms with E-state index in [0.717, 1.165) is 5.69 Å². The lowest BCUT2D eigenvalue weighted by molar-refractivity contribution is 0.102. The molecule has 2 N–H and O–H groups in total. The van der Waals surface area contributed by atoms with Gasteiger partial charge in [0.25, 0.3) is 5.91 Å². The van der Waals surface area contributed by atoms with E-state index in [1.165, 1.54) is 0 Å². The molecule has 0 saturated heterocycles. The van der Waals surface area contributed by atoms with E-state index < -0.39 is 0 Å². The molecule has 3 aromatic rings. The number of pyridine rings is 1. The van der Waals surface area contributed by atoms with Gasteiger partial charge in [-0.25, -0.2) is 4.98 Å². The molecular weight excluding hydrogens is 302 g/mol. The average Bonchev–Trinajstić information content (AvgIpc) is 2.65. The summed E-state index contributed by atoms with van der Waals surface area (Å²) < 4.78 is 5.67. The van der Waals surface area contributed by atoms with E-state index in [9.17, 15) is 4.79 Å². The van der Waals surface area contributed by atoms with Crippen molar-refractivity contribution in [1.29, 1.82) is 0 Å². The van der Waals surface area contributed by atoms with Gasteiger partial charge >= 0.3 is 0 Å². The Morgan fingerprint density at radius 2 is 1.62 bits per heavy atom. The molecule has 120 valence electrons. The molecule has 1 heterocycles. The molecule has 5 heteroatoms. The van der Waals surface area contributed by atoms with Gasteiger partial charge < -0.3 is 15.4 Å². The Bertz CT molecular complexity index is 800. The second-order valence-electron chi connectivity index (χ2n) is 5.08. The molecule has 0 atom stereocenters. The minimum absolute atomic E-state index is 0.172. The summed E-state index contributed by atoms with van der Waals surface area (Å²) in [5.41, 5.74) is 2.22. The van der Waals surface area contributed by atoms with Crippen LogP contribution in [0.2, 0.25) is 0 Å². The topological polar surface area (TPSA) is 63.2 Å². The smallest absolute Gasteiger partial charge is 0.255 e. The Labute approximate surface area is 140 Å². The fourth-order valence-corrected chi connectivity index (χ4v) is 2.12. The van der Waals surface area contributed by atoms with Gasteiger partial charge in [0.05, 0.1) is 11.9 Å². The third-order valence-corrected chi connectivity index (χ3v) is 3.40. The van der Waals surface area contributed by atoms with E-state index in [1.54, 1.807) is 30.5 Å². The fraction of sp³-hybridized carbons (Fsp3) is 0.0526. The van der Waals surface area contributed by atoms with Crippen LogP contribution in [0.15, 0.2) is 72.9 Å². The third-order valence-electron chi connectivity index (χ3n) is 3.40. The quantitative estimate of drug-likeness (QED) is 0.741. The van der Waals surface area contributed by atoms with Crippen molar-refractivity contribution in [1.82, 2.24) is 4.98 Å². The lowest BCUT2D eigenvalue weighted by Gasteiger charge is -2.08. The first-order valence-corrected chi connectivity index (χ1v) is 7.53. The molecule has 1 aromatic heterocycles. The van der Waals surface area contributed by atoms with Crippen LogP contribution in [0.25, 0.3) is 0 Å². The first-order valence-electron chi connectivity index (χ1n) is 7.53. The molecule has 0 radical (unpaired) electrons. The zero-order chi connectivity index (χ0) is 16.8. The Hall–Kier alpha value is -3.34. The predicted octanol–water partition coefficient (Wildman–Crippen LogP) is 4.17. The second kappa shape index (κ2) is 7.28. The van der Waals surface area contributed by atoms with Crippen LogP contribution in [0.4, 0.5) is 11.4 Å². The van der Waals surface area contributed by atoms with Gasteiger partial charge in [0.1, 0.15) is 5.75 Å². The number of rotatable bonds is 5. The average molecular weight is 319 g/mol. The largest absolute Gasteiger partial charge is 0.439 e. The second-order valence-corrected chi connectivity index (χ2v) is 5.08. The summed E-state index contributed by atoms with van der Waals surface area (Å²) in [6.45, 7) is 0. The molecule has 0 bridgehead atoms. The number of nitrogens with one attached hydrogen (secondary N) is 2. The van der Waals surface area contributed by atoms with Crippen LogP contribution in [0.1, 0.15) is 10.4 Å². The van der Waals surface area contributed by atoms with Crippen molar-refractivity contribution in [2.75, 3.05) is 17.7 Å². The van der Waals surface area contributed by atoms with Gasteiger partial charge in [-0.05, 0) is 42.5 Å². The first kappa shape index (κ1) is 15.6. The van der Waals surface area contributed by atoms with Crippen molar-refractivity contribution >= 4 is 17.3 Å². The molecule has 0 fully saturated rings. The van der Waals surface area contributed by atoms with E-state index in [0.29, 0.717) is 22.9 Å². The molecule has 2 aromatic carbocycles. The number of carbonyl (C=O) groups is 1. The van der Waals surface area contributed by atoms with Crippen molar-refractivity contribution in [3.63, 3.8) is 0 Å². The van der Waals surface area contributed by atoms with Crippen molar-refractivity contribution in [3.05, 3.63) is 78.5 Å². The molecule has 5 nitrogen and oxygen atoms in total. The number of ether oxygens (including phenoxy) is 1. The van der Waals surface area contributed by atoms with Gasteiger partial charge in [-0.15, -0.1) is 0 Å². The summed E-state index contributed by atoms with van der Waals surface area (Å²) >= 11 is 0. The number of hydrogen-bond donors (Lipinski definition) is 2. The number of carbonyl (C=O) groups excluding carboxylic acids is 1. The van der Waals surface area contributed by atoms with Gasteiger partial charge in [0.2, 0.25) is 5.88 Å². The molecule has 0 aliphatic heterocycles. The molecule has 24 heavy (non-hydrogen) atoms. The van der Waals surface area contributed by atoms with Crippen LogP contribution in [-0.2, 0) is 0 Å². The Kier molecular flexibility index (Phi) is 4.72. The fourth-order valence-electron chi connectivity index (χ4n) is 2.12. The number of benzene rings is 2.